The van der Waals surface area contributed by atoms with Crippen molar-refractivity contribution in [3.63, 3.8) is 0 Å². The third kappa shape index (κ3) is 3.67. The Hall–Kier alpha value is -0.630. The van der Waals surface area contributed by atoms with Crippen LogP contribution >= 0.6 is 0 Å². The van der Waals surface area contributed by atoms with E-state index in [4.69, 9.17) is 5.26 Å². The molecule has 4 heteroatoms. The Bertz CT molecular complexity index is 285. The van der Waals surface area contributed by atoms with Gasteiger partial charge in [0.05, 0.1) is 18.7 Å². The van der Waals surface area contributed by atoms with E-state index >= 15 is 0 Å². The molecule has 2 fully saturated rings. The topological polar surface area (TPSA) is 59.3 Å². The number of nitrogens with zero attached hydrogens (tertiary/aromatic N) is 2. The summed E-state index contributed by atoms with van der Waals surface area (Å²) in [6.07, 6.45) is 4.21. The monoisotopic (exact) mass is 237 g/mol. The lowest BCUT2D eigenvalue weighted by Gasteiger charge is -2.39. The van der Waals surface area contributed by atoms with Crippen LogP contribution in [0.15, 0.2) is 0 Å². The van der Waals surface area contributed by atoms with Gasteiger partial charge in [0, 0.05) is 25.2 Å². The van der Waals surface area contributed by atoms with Gasteiger partial charge in [-0.25, -0.2) is 0 Å². The SMILES string of the molecule is CCC(O)C1CC(NC2CC2)CN(CC#N)C1. The molecule has 0 amide bonds. The zero-order valence-corrected chi connectivity index (χ0v) is 10.6. The Morgan fingerprint density at radius 2 is 2.18 bits per heavy atom. The summed E-state index contributed by atoms with van der Waals surface area (Å²) in [5.41, 5.74) is 0. The summed E-state index contributed by atoms with van der Waals surface area (Å²) in [5.74, 6) is 0.318. The molecule has 0 aromatic heterocycles. The number of nitriles is 1. The smallest absolute Gasteiger partial charge is 0.0866 e. The van der Waals surface area contributed by atoms with Gasteiger partial charge in [-0.05, 0) is 31.6 Å². The summed E-state index contributed by atoms with van der Waals surface area (Å²) in [7, 11) is 0. The average molecular weight is 237 g/mol. The number of aliphatic hydroxyl groups is 1. The van der Waals surface area contributed by atoms with Crippen LogP contribution in [-0.4, -0.2) is 47.8 Å². The highest BCUT2D eigenvalue weighted by Gasteiger charge is 2.33. The van der Waals surface area contributed by atoms with Gasteiger partial charge in [-0.1, -0.05) is 6.92 Å². The van der Waals surface area contributed by atoms with Crippen LogP contribution in [0.3, 0.4) is 0 Å². The maximum atomic E-state index is 10.00. The summed E-state index contributed by atoms with van der Waals surface area (Å²) in [6, 6.07) is 3.37. The van der Waals surface area contributed by atoms with Gasteiger partial charge < -0.3 is 10.4 Å². The van der Waals surface area contributed by atoms with Crippen LogP contribution in [0.4, 0.5) is 0 Å². The van der Waals surface area contributed by atoms with Gasteiger partial charge in [-0.15, -0.1) is 0 Å². The third-order valence-corrected chi connectivity index (χ3v) is 3.86. The van der Waals surface area contributed by atoms with Crippen LogP contribution in [0.5, 0.6) is 0 Å². The number of hydrogen-bond acceptors (Lipinski definition) is 4. The molecule has 2 aliphatic rings. The largest absolute Gasteiger partial charge is 0.393 e. The van der Waals surface area contributed by atoms with Gasteiger partial charge in [0.1, 0.15) is 0 Å². The number of hydrogen-bond donors (Lipinski definition) is 2. The second-order valence-electron chi connectivity index (χ2n) is 5.46. The molecule has 0 spiro atoms. The standard InChI is InChI=1S/C13H23N3O/c1-2-13(17)10-7-12(15-11-3-4-11)9-16(8-10)6-5-14/h10-13,15,17H,2-4,6-9H2,1H3. The van der Waals surface area contributed by atoms with Crippen LogP contribution in [0.1, 0.15) is 32.6 Å². The number of nitrogens with one attached hydrogen (secondary N) is 1. The molecule has 3 unspecified atom stereocenters. The maximum Gasteiger partial charge on any atom is 0.0866 e. The van der Waals surface area contributed by atoms with Crippen molar-refractivity contribution in [1.82, 2.24) is 10.2 Å². The average Bonchev–Trinajstić information content (AvgIpc) is 3.12. The van der Waals surface area contributed by atoms with Crippen molar-refractivity contribution in [3.8, 4) is 6.07 Å². The predicted octanol–water partition coefficient (Wildman–Crippen LogP) is 0.723. The molecule has 3 atom stereocenters. The minimum Gasteiger partial charge on any atom is -0.393 e. The zero-order chi connectivity index (χ0) is 12.3. The van der Waals surface area contributed by atoms with E-state index in [0.29, 0.717) is 24.5 Å². The number of piperidine rings is 1. The van der Waals surface area contributed by atoms with Crippen LogP contribution in [0, 0.1) is 17.2 Å². The highest BCUT2D eigenvalue weighted by Crippen LogP contribution is 2.25. The van der Waals surface area contributed by atoms with E-state index in [0.717, 1.165) is 25.9 Å². The molecule has 96 valence electrons. The normalized spacial score (nSPS) is 32.1. The van der Waals surface area contributed by atoms with Crippen LogP contribution in [0.2, 0.25) is 0 Å². The molecule has 1 aliphatic heterocycles. The van der Waals surface area contributed by atoms with E-state index in [1.165, 1.54) is 12.8 Å². The van der Waals surface area contributed by atoms with Crippen molar-refractivity contribution < 1.29 is 5.11 Å². The van der Waals surface area contributed by atoms with E-state index in [1.807, 2.05) is 6.92 Å². The molecule has 0 bridgehead atoms. The fourth-order valence-electron chi connectivity index (χ4n) is 2.78. The Balaban J connectivity index is 1.90. The Labute approximate surface area is 104 Å². The first kappa shape index (κ1) is 12.8. The molecule has 2 rings (SSSR count). The predicted molar refractivity (Wildman–Crippen MR) is 66.4 cm³/mol. The molecular formula is C13H23N3O. The highest BCUT2D eigenvalue weighted by molar-refractivity contribution is 4.93. The second-order valence-corrected chi connectivity index (χ2v) is 5.46. The van der Waals surface area contributed by atoms with Crippen LogP contribution in [0.25, 0.3) is 0 Å². The van der Waals surface area contributed by atoms with Crippen LogP contribution in [-0.2, 0) is 0 Å². The number of rotatable bonds is 5. The summed E-state index contributed by atoms with van der Waals surface area (Å²) >= 11 is 0. The van der Waals surface area contributed by atoms with E-state index in [1.54, 1.807) is 0 Å². The lowest BCUT2D eigenvalue weighted by molar-refractivity contribution is 0.0399. The van der Waals surface area contributed by atoms with Crippen LogP contribution < -0.4 is 5.32 Å². The van der Waals surface area contributed by atoms with Crippen molar-refractivity contribution in [1.29, 1.82) is 5.26 Å². The van der Waals surface area contributed by atoms with Gasteiger partial charge in [-0.3, -0.25) is 4.90 Å². The first-order chi connectivity index (χ1) is 8.22. The van der Waals surface area contributed by atoms with E-state index in [-0.39, 0.29) is 6.10 Å². The van der Waals surface area contributed by atoms with Crippen molar-refractivity contribution in [2.24, 2.45) is 5.92 Å². The molecule has 1 saturated heterocycles. The summed E-state index contributed by atoms with van der Waals surface area (Å²) in [6.45, 7) is 4.33. The van der Waals surface area contributed by atoms with Gasteiger partial charge in [0.25, 0.3) is 0 Å². The van der Waals surface area contributed by atoms with Gasteiger partial charge >= 0.3 is 0 Å². The first-order valence-corrected chi connectivity index (χ1v) is 6.76. The Kier molecular flexibility index (Phi) is 4.38. The zero-order valence-electron chi connectivity index (χ0n) is 10.6. The van der Waals surface area contributed by atoms with Gasteiger partial charge in [-0.2, -0.15) is 5.26 Å². The molecular weight excluding hydrogens is 214 g/mol. The fourth-order valence-corrected chi connectivity index (χ4v) is 2.78. The highest BCUT2D eigenvalue weighted by atomic mass is 16.3. The maximum absolute atomic E-state index is 10.00. The van der Waals surface area contributed by atoms with Gasteiger partial charge in [0.15, 0.2) is 0 Å². The van der Waals surface area contributed by atoms with Gasteiger partial charge in [0.2, 0.25) is 0 Å². The number of aliphatic hydroxyl groups excluding tert-OH is 1. The molecule has 17 heavy (non-hydrogen) atoms. The quantitative estimate of drug-likeness (QED) is 0.692. The molecule has 1 heterocycles. The fraction of sp³-hybridized carbons (Fsp3) is 0.923. The minimum atomic E-state index is -0.222. The van der Waals surface area contributed by atoms with Crippen molar-refractivity contribution in [2.75, 3.05) is 19.6 Å². The lowest BCUT2D eigenvalue weighted by atomic mass is 9.88. The van der Waals surface area contributed by atoms with Crippen molar-refractivity contribution in [2.45, 2.75) is 50.8 Å². The second kappa shape index (κ2) is 5.81. The van der Waals surface area contributed by atoms with Crippen molar-refractivity contribution >= 4 is 0 Å². The Morgan fingerprint density at radius 3 is 2.76 bits per heavy atom. The molecule has 1 saturated carbocycles. The van der Waals surface area contributed by atoms with E-state index < -0.39 is 0 Å². The van der Waals surface area contributed by atoms with E-state index in [2.05, 4.69) is 16.3 Å². The summed E-state index contributed by atoms with van der Waals surface area (Å²) < 4.78 is 0. The van der Waals surface area contributed by atoms with E-state index in [9.17, 15) is 5.11 Å². The molecule has 0 aromatic rings. The van der Waals surface area contributed by atoms with Crippen molar-refractivity contribution in [3.05, 3.63) is 0 Å². The first-order valence-electron chi connectivity index (χ1n) is 6.76. The molecule has 0 radical (unpaired) electrons. The molecule has 4 nitrogen and oxygen atoms in total. The molecule has 2 N–H and O–H groups in total. The third-order valence-electron chi connectivity index (χ3n) is 3.86. The Morgan fingerprint density at radius 1 is 1.41 bits per heavy atom. The summed E-state index contributed by atoms with van der Waals surface area (Å²) in [4.78, 5) is 2.17. The number of likely N-dealkylation sites (tertiary alicyclic amines) is 1. The molecule has 0 aromatic carbocycles. The minimum absolute atomic E-state index is 0.222. The summed E-state index contributed by atoms with van der Waals surface area (Å²) in [5, 5.41) is 22.4. The lowest BCUT2D eigenvalue weighted by Crippen LogP contribution is -2.52. The molecule has 1 aliphatic carbocycles.